The van der Waals surface area contributed by atoms with Gasteiger partial charge >= 0.3 is 0 Å². The van der Waals surface area contributed by atoms with Crippen LogP contribution >= 0.6 is 22.9 Å². The van der Waals surface area contributed by atoms with E-state index in [1.165, 1.54) is 17.4 Å². The average molecular weight is 257 g/mol. The third kappa shape index (κ3) is 2.24. The first-order chi connectivity index (χ1) is 7.72. The van der Waals surface area contributed by atoms with Gasteiger partial charge in [0.05, 0.1) is 11.6 Å². The Balaban J connectivity index is 2.41. The maximum Gasteiger partial charge on any atom is 0.129 e. The van der Waals surface area contributed by atoms with E-state index < -0.39 is 0 Å². The van der Waals surface area contributed by atoms with E-state index in [-0.39, 0.29) is 11.9 Å². The second-order valence-electron chi connectivity index (χ2n) is 3.29. The number of halogens is 2. The van der Waals surface area contributed by atoms with Gasteiger partial charge in [-0.15, -0.1) is 11.3 Å². The first kappa shape index (κ1) is 11.5. The lowest BCUT2D eigenvalue weighted by atomic mass is 10.1. The summed E-state index contributed by atoms with van der Waals surface area (Å²) in [6, 6.07) is 4.52. The van der Waals surface area contributed by atoms with E-state index in [2.05, 4.69) is 10.3 Å². The summed E-state index contributed by atoms with van der Waals surface area (Å²) in [4.78, 5) is 4.97. The van der Waals surface area contributed by atoms with Gasteiger partial charge in [-0.3, -0.25) is 4.98 Å². The number of nitrogens with one attached hydrogen (secondary N) is 1. The number of hydrogen-bond acceptors (Lipinski definition) is 3. The molecule has 2 rings (SSSR count). The van der Waals surface area contributed by atoms with Gasteiger partial charge in [-0.25, -0.2) is 4.39 Å². The summed E-state index contributed by atoms with van der Waals surface area (Å²) in [6.07, 6.45) is 1.74. The molecule has 84 valence electrons. The molecule has 1 heterocycles. The third-order valence-corrected chi connectivity index (χ3v) is 3.37. The second kappa shape index (κ2) is 4.91. The van der Waals surface area contributed by atoms with Crippen molar-refractivity contribution in [3.8, 4) is 0 Å². The summed E-state index contributed by atoms with van der Waals surface area (Å²) in [7, 11) is 1.79. The number of nitrogens with zero attached hydrogens (tertiary/aromatic N) is 1. The van der Waals surface area contributed by atoms with Crippen molar-refractivity contribution < 1.29 is 4.39 Å². The van der Waals surface area contributed by atoms with Crippen molar-refractivity contribution in [1.82, 2.24) is 10.3 Å². The van der Waals surface area contributed by atoms with Crippen LogP contribution in [0, 0.1) is 5.82 Å². The number of thiazole rings is 1. The standard InChI is InChI=1S/C11H10ClFN2S/c1-14-11(10-5-15-6-16-10)8-3-2-7(12)4-9(8)13/h2-6,11,14H,1H3. The van der Waals surface area contributed by atoms with Gasteiger partial charge in [-0.05, 0) is 19.2 Å². The highest BCUT2D eigenvalue weighted by Gasteiger charge is 2.17. The molecule has 1 N–H and O–H groups in total. The summed E-state index contributed by atoms with van der Waals surface area (Å²) in [5, 5.41) is 3.47. The summed E-state index contributed by atoms with van der Waals surface area (Å²) < 4.78 is 13.7. The molecule has 5 heteroatoms. The van der Waals surface area contributed by atoms with E-state index >= 15 is 0 Å². The molecule has 1 atom stereocenters. The highest BCUT2D eigenvalue weighted by Crippen LogP contribution is 2.27. The summed E-state index contributed by atoms with van der Waals surface area (Å²) in [5.74, 6) is -0.305. The Morgan fingerprint density at radius 1 is 1.50 bits per heavy atom. The van der Waals surface area contributed by atoms with Crippen molar-refractivity contribution in [1.29, 1.82) is 0 Å². The monoisotopic (exact) mass is 256 g/mol. The zero-order valence-electron chi connectivity index (χ0n) is 8.58. The molecule has 2 nitrogen and oxygen atoms in total. The van der Waals surface area contributed by atoms with Crippen LogP contribution in [0.15, 0.2) is 29.9 Å². The molecule has 0 radical (unpaired) electrons. The number of rotatable bonds is 3. The fourth-order valence-corrected chi connectivity index (χ4v) is 2.46. The Morgan fingerprint density at radius 3 is 2.88 bits per heavy atom. The topological polar surface area (TPSA) is 24.9 Å². The molecule has 0 aliphatic rings. The van der Waals surface area contributed by atoms with E-state index in [9.17, 15) is 4.39 Å². The van der Waals surface area contributed by atoms with Crippen LogP contribution in [0.1, 0.15) is 16.5 Å². The van der Waals surface area contributed by atoms with Crippen LogP contribution in [0.4, 0.5) is 4.39 Å². The van der Waals surface area contributed by atoms with E-state index in [4.69, 9.17) is 11.6 Å². The fourth-order valence-electron chi connectivity index (χ4n) is 1.55. The van der Waals surface area contributed by atoms with E-state index in [1.54, 1.807) is 30.9 Å². The largest absolute Gasteiger partial charge is 0.309 e. The Labute approximate surface area is 102 Å². The van der Waals surface area contributed by atoms with Crippen LogP contribution < -0.4 is 5.32 Å². The van der Waals surface area contributed by atoms with E-state index in [1.807, 2.05) is 0 Å². The maximum atomic E-state index is 13.7. The number of benzene rings is 1. The van der Waals surface area contributed by atoms with Crippen LogP contribution in [0.3, 0.4) is 0 Å². The minimum absolute atomic E-state index is 0.176. The molecular formula is C11H10ClFN2S. The quantitative estimate of drug-likeness (QED) is 0.912. The van der Waals surface area contributed by atoms with Crippen LogP contribution in [0.2, 0.25) is 5.02 Å². The molecule has 1 unspecified atom stereocenters. The Morgan fingerprint density at radius 2 is 2.31 bits per heavy atom. The fraction of sp³-hybridized carbons (Fsp3) is 0.182. The first-order valence-electron chi connectivity index (χ1n) is 4.73. The van der Waals surface area contributed by atoms with Crippen molar-refractivity contribution in [2.75, 3.05) is 7.05 Å². The average Bonchev–Trinajstić information content (AvgIpc) is 2.75. The van der Waals surface area contributed by atoms with Crippen LogP contribution in [-0.4, -0.2) is 12.0 Å². The minimum atomic E-state index is -0.305. The minimum Gasteiger partial charge on any atom is -0.309 e. The molecular weight excluding hydrogens is 247 g/mol. The van der Waals surface area contributed by atoms with Crippen LogP contribution in [-0.2, 0) is 0 Å². The molecule has 16 heavy (non-hydrogen) atoms. The SMILES string of the molecule is CNC(c1cncs1)c1ccc(Cl)cc1F. The Bertz CT molecular complexity index is 473. The van der Waals surface area contributed by atoms with Crippen molar-refractivity contribution in [3.63, 3.8) is 0 Å². The molecule has 0 spiro atoms. The molecule has 0 bridgehead atoms. The maximum absolute atomic E-state index is 13.7. The lowest BCUT2D eigenvalue weighted by Gasteiger charge is -2.15. The van der Waals surface area contributed by atoms with Gasteiger partial charge in [-0.2, -0.15) is 0 Å². The normalized spacial score (nSPS) is 12.7. The zero-order chi connectivity index (χ0) is 11.5. The molecule has 0 aliphatic heterocycles. The highest BCUT2D eigenvalue weighted by molar-refractivity contribution is 7.09. The molecule has 1 aromatic heterocycles. The predicted molar refractivity (Wildman–Crippen MR) is 64.4 cm³/mol. The molecule has 0 saturated heterocycles. The van der Waals surface area contributed by atoms with Gasteiger partial charge in [0.25, 0.3) is 0 Å². The second-order valence-corrected chi connectivity index (χ2v) is 4.65. The first-order valence-corrected chi connectivity index (χ1v) is 5.98. The summed E-state index contributed by atoms with van der Waals surface area (Å²) >= 11 is 7.21. The van der Waals surface area contributed by atoms with Crippen LogP contribution in [0.5, 0.6) is 0 Å². The molecule has 0 amide bonds. The summed E-state index contributed by atoms with van der Waals surface area (Å²) in [5.41, 5.74) is 2.31. The van der Waals surface area contributed by atoms with Gasteiger partial charge in [0.2, 0.25) is 0 Å². The van der Waals surface area contributed by atoms with E-state index in [0.29, 0.717) is 10.6 Å². The van der Waals surface area contributed by atoms with Crippen molar-refractivity contribution in [2.24, 2.45) is 0 Å². The Kier molecular flexibility index (Phi) is 3.53. The highest BCUT2D eigenvalue weighted by atomic mass is 35.5. The van der Waals surface area contributed by atoms with Crippen molar-refractivity contribution in [3.05, 3.63) is 51.2 Å². The predicted octanol–water partition coefficient (Wildman–Crippen LogP) is 3.24. The summed E-state index contributed by atoms with van der Waals surface area (Å²) in [6.45, 7) is 0. The van der Waals surface area contributed by atoms with Gasteiger partial charge in [-0.1, -0.05) is 17.7 Å². The zero-order valence-corrected chi connectivity index (χ0v) is 10.1. The molecule has 0 saturated carbocycles. The van der Waals surface area contributed by atoms with E-state index in [0.717, 1.165) is 4.88 Å². The Hall–Kier alpha value is -0.970. The molecule has 1 aromatic carbocycles. The number of aromatic nitrogens is 1. The van der Waals surface area contributed by atoms with Crippen molar-refractivity contribution >= 4 is 22.9 Å². The third-order valence-electron chi connectivity index (χ3n) is 2.30. The van der Waals surface area contributed by atoms with Crippen molar-refractivity contribution in [2.45, 2.75) is 6.04 Å². The van der Waals surface area contributed by atoms with Gasteiger partial charge in [0, 0.05) is 21.7 Å². The lowest BCUT2D eigenvalue weighted by molar-refractivity contribution is 0.579. The van der Waals surface area contributed by atoms with Gasteiger partial charge in [0.1, 0.15) is 5.82 Å². The van der Waals surface area contributed by atoms with Crippen LogP contribution in [0.25, 0.3) is 0 Å². The van der Waals surface area contributed by atoms with Gasteiger partial charge < -0.3 is 5.32 Å². The number of hydrogen-bond donors (Lipinski definition) is 1. The smallest absolute Gasteiger partial charge is 0.129 e. The molecule has 0 aliphatic carbocycles. The lowest BCUT2D eigenvalue weighted by Crippen LogP contribution is -2.17. The van der Waals surface area contributed by atoms with Gasteiger partial charge in [0.15, 0.2) is 0 Å². The molecule has 0 fully saturated rings. The molecule has 2 aromatic rings.